The minimum Gasteiger partial charge on any atom is -0.361 e. The standard InChI is InChI=1S/C19H21NO/c1-4-16-7-5-6-8-18(16)20-12-11-19(21)17-13-14(2)9-10-15(17)3/h5-13,20H,4H2,1-3H3. The van der Waals surface area contributed by atoms with Gasteiger partial charge in [0.15, 0.2) is 5.78 Å². The first-order valence-electron chi connectivity index (χ1n) is 7.24. The van der Waals surface area contributed by atoms with E-state index >= 15 is 0 Å². The first-order valence-corrected chi connectivity index (χ1v) is 7.24. The van der Waals surface area contributed by atoms with E-state index in [1.807, 2.05) is 50.2 Å². The highest BCUT2D eigenvalue weighted by Crippen LogP contribution is 2.16. The van der Waals surface area contributed by atoms with Gasteiger partial charge < -0.3 is 5.32 Å². The molecule has 0 spiro atoms. The van der Waals surface area contributed by atoms with Crippen molar-refractivity contribution in [2.75, 3.05) is 5.32 Å². The fraction of sp³-hybridized carbons (Fsp3) is 0.211. The molecule has 2 aromatic carbocycles. The Balaban J connectivity index is 2.11. The Morgan fingerprint density at radius 3 is 2.67 bits per heavy atom. The number of para-hydroxylation sites is 1. The molecule has 0 amide bonds. The molecule has 0 aliphatic heterocycles. The van der Waals surface area contributed by atoms with Crippen molar-refractivity contribution in [1.29, 1.82) is 0 Å². The van der Waals surface area contributed by atoms with Crippen LogP contribution in [0.4, 0.5) is 5.69 Å². The summed E-state index contributed by atoms with van der Waals surface area (Å²) in [5.41, 5.74) is 5.15. The minimum atomic E-state index is 0.0256. The molecule has 0 saturated heterocycles. The van der Waals surface area contributed by atoms with E-state index in [0.717, 1.165) is 28.8 Å². The van der Waals surface area contributed by atoms with Crippen LogP contribution in [0.3, 0.4) is 0 Å². The number of aryl methyl sites for hydroxylation is 3. The number of nitrogens with one attached hydrogen (secondary N) is 1. The van der Waals surface area contributed by atoms with Gasteiger partial charge in [-0.3, -0.25) is 4.79 Å². The second-order valence-electron chi connectivity index (χ2n) is 5.17. The van der Waals surface area contributed by atoms with Crippen molar-refractivity contribution in [1.82, 2.24) is 0 Å². The zero-order valence-electron chi connectivity index (χ0n) is 12.8. The van der Waals surface area contributed by atoms with Gasteiger partial charge in [-0.05, 0) is 43.5 Å². The van der Waals surface area contributed by atoms with E-state index in [9.17, 15) is 4.79 Å². The number of hydrogen-bond acceptors (Lipinski definition) is 2. The molecule has 0 aliphatic rings. The van der Waals surface area contributed by atoms with Gasteiger partial charge in [0.2, 0.25) is 0 Å². The molecule has 2 heteroatoms. The molecule has 0 heterocycles. The van der Waals surface area contributed by atoms with Gasteiger partial charge in [0.05, 0.1) is 0 Å². The molecular formula is C19H21NO. The Morgan fingerprint density at radius 2 is 1.90 bits per heavy atom. The van der Waals surface area contributed by atoms with Crippen molar-refractivity contribution in [3.63, 3.8) is 0 Å². The largest absolute Gasteiger partial charge is 0.361 e. The third-order valence-electron chi connectivity index (χ3n) is 3.53. The molecular weight excluding hydrogens is 258 g/mol. The molecule has 1 N–H and O–H groups in total. The zero-order chi connectivity index (χ0) is 15.2. The normalized spacial score (nSPS) is 10.8. The lowest BCUT2D eigenvalue weighted by atomic mass is 10.0. The summed E-state index contributed by atoms with van der Waals surface area (Å²) in [7, 11) is 0. The van der Waals surface area contributed by atoms with Crippen molar-refractivity contribution in [2.24, 2.45) is 0 Å². The molecule has 0 atom stereocenters. The Morgan fingerprint density at radius 1 is 1.14 bits per heavy atom. The van der Waals surface area contributed by atoms with Gasteiger partial charge in [0.25, 0.3) is 0 Å². The maximum Gasteiger partial charge on any atom is 0.187 e. The third kappa shape index (κ3) is 3.82. The number of allylic oxidation sites excluding steroid dienone is 1. The van der Waals surface area contributed by atoms with Crippen LogP contribution in [-0.4, -0.2) is 5.78 Å². The quantitative estimate of drug-likeness (QED) is 0.636. The number of anilines is 1. The average molecular weight is 279 g/mol. The van der Waals surface area contributed by atoms with E-state index in [-0.39, 0.29) is 5.78 Å². The summed E-state index contributed by atoms with van der Waals surface area (Å²) in [6, 6.07) is 14.1. The lowest BCUT2D eigenvalue weighted by molar-refractivity contribution is 0.104. The highest BCUT2D eigenvalue weighted by atomic mass is 16.1. The Hall–Kier alpha value is -2.35. The SMILES string of the molecule is CCc1ccccc1NC=CC(=O)c1cc(C)ccc1C. The van der Waals surface area contributed by atoms with E-state index in [2.05, 4.69) is 18.3 Å². The summed E-state index contributed by atoms with van der Waals surface area (Å²) in [5.74, 6) is 0.0256. The predicted octanol–water partition coefficient (Wildman–Crippen LogP) is 4.67. The smallest absolute Gasteiger partial charge is 0.187 e. The lowest BCUT2D eigenvalue weighted by Gasteiger charge is -2.07. The van der Waals surface area contributed by atoms with Gasteiger partial charge >= 0.3 is 0 Å². The van der Waals surface area contributed by atoms with E-state index in [1.165, 1.54) is 5.56 Å². The minimum absolute atomic E-state index is 0.0256. The Labute approximate surface area is 126 Å². The van der Waals surface area contributed by atoms with Gasteiger partial charge in [0, 0.05) is 23.5 Å². The van der Waals surface area contributed by atoms with Gasteiger partial charge in [-0.2, -0.15) is 0 Å². The molecule has 0 fully saturated rings. The van der Waals surface area contributed by atoms with Crippen LogP contribution in [0.5, 0.6) is 0 Å². The summed E-state index contributed by atoms with van der Waals surface area (Å²) in [4.78, 5) is 12.2. The molecule has 0 aromatic heterocycles. The second kappa shape index (κ2) is 6.89. The van der Waals surface area contributed by atoms with Gasteiger partial charge in [0.1, 0.15) is 0 Å². The Bertz CT molecular complexity index is 671. The highest BCUT2D eigenvalue weighted by Gasteiger charge is 2.05. The van der Waals surface area contributed by atoms with Crippen LogP contribution in [0.15, 0.2) is 54.7 Å². The van der Waals surface area contributed by atoms with Crippen molar-refractivity contribution in [3.8, 4) is 0 Å². The molecule has 2 nitrogen and oxygen atoms in total. The van der Waals surface area contributed by atoms with Crippen LogP contribution in [0, 0.1) is 13.8 Å². The first-order chi connectivity index (χ1) is 10.1. The third-order valence-corrected chi connectivity index (χ3v) is 3.53. The highest BCUT2D eigenvalue weighted by molar-refractivity contribution is 6.05. The molecule has 0 unspecified atom stereocenters. The topological polar surface area (TPSA) is 29.1 Å². The van der Waals surface area contributed by atoms with Crippen LogP contribution < -0.4 is 5.32 Å². The summed E-state index contributed by atoms with van der Waals surface area (Å²) in [5, 5.41) is 3.20. The van der Waals surface area contributed by atoms with E-state index < -0.39 is 0 Å². The lowest BCUT2D eigenvalue weighted by Crippen LogP contribution is -2.00. The number of carbonyl (C=O) groups excluding carboxylic acids is 1. The van der Waals surface area contributed by atoms with Gasteiger partial charge in [-0.25, -0.2) is 0 Å². The average Bonchev–Trinajstić information content (AvgIpc) is 2.50. The second-order valence-corrected chi connectivity index (χ2v) is 5.17. The van der Waals surface area contributed by atoms with Crippen LogP contribution >= 0.6 is 0 Å². The number of carbonyl (C=O) groups is 1. The fourth-order valence-electron chi connectivity index (χ4n) is 2.27. The molecule has 0 saturated carbocycles. The van der Waals surface area contributed by atoms with E-state index in [0.29, 0.717) is 0 Å². The van der Waals surface area contributed by atoms with Crippen molar-refractivity contribution < 1.29 is 4.79 Å². The summed E-state index contributed by atoms with van der Waals surface area (Å²) < 4.78 is 0. The number of rotatable bonds is 5. The van der Waals surface area contributed by atoms with Crippen molar-refractivity contribution in [3.05, 3.63) is 77.0 Å². The van der Waals surface area contributed by atoms with Crippen LogP contribution in [0.1, 0.15) is 34.0 Å². The maximum absolute atomic E-state index is 12.2. The van der Waals surface area contributed by atoms with Crippen molar-refractivity contribution >= 4 is 11.5 Å². The Kier molecular flexibility index (Phi) is 4.94. The zero-order valence-corrected chi connectivity index (χ0v) is 12.8. The maximum atomic E-state index is 12.2. The van der Waals surface area contributed by atoms with Gasteiger partial charge in [-0.1, -0.05) is 42.8 Å². The van der Waals surface area contributed by atoms with E-state index in [1.54, 1.807) is 12.3 Å². The number of benzene rings is 2. The van der Waals surface area contributed by atoms with Gasteiger partial charge in [-0.15, -0.1) is 0 Å². The van der Waals surface area contributed by atoms with Crippen LogP contribution in [0.25, 0.3) is 0 Å². The molecule has 0 bridgehead atoms. The molecule has 0 radical (unpaired) electrons. The molecule has 0 aliphatic carbocycles. The first kappa shape index (κ1) is 15.0. The number of hydrogen-bond donors (Lipinski definition) is 1. The molecule has 2 rings (SSSR count). The van der Waals surface area contributed by atoms with Crippen LogP contribution in [0.2, 0.25) is 0 Å². The fourth-order valence-corrected chi connectivity index (χ4v) is 2.27. The predicted molar refractivity (Wildman–Crippen MR) is 88.8 cm³/mol. The summed E-state index contributed by atoms with van der Waals surface area (Å²) in [6.07, 6.45) is 4.27. The van der Waals surface area contributed by atoms with Crippen LogP contribution in [-0.2, 0) is 6.42 Å². The summed E-state index contributed by atoms with van der Waals surface area (Å²) in [6.45, 7) is 6.07. The molecule has 108 valence electrons. The van der Waals surface area contributed by atoms with E-state index in [4.69, 9.17) is 0 Å². The van der Waals surface area contributed by atoms with Crippen molar-refractivity contribution in [2.45, 2.75) is 27.2 Å². The number of ketones is 1. The summed E-state index contributed by atoms with van der Waals surface area (Å²) >= 11 is 0. The molecule has 21 heavy (non-hydrogen) atoms. The molecule has 2 aromatic rings. The monoisotopic (exact) mass is 279 g/mol.